The maximum Gasteiger partial charge on any atom is 0.271 e. The molecule has 20 heavy (non-hydrogen) atoms. The fraction of sp³-hybridized carbons (Fsp3) is 0.429. The molecule has 1 fully saturated rings. The number of carbonyl (C=O) groups excluding carboxylic acids is 1. The molecule has 0 aromatic carbocycles. The normalized spacial score (nSPS) is 24.1. The SMILES string of the molecule is CC1(C)C(O)CC1NC(=O)c1csc(-c2ccsc2)n1. The molecular weight excluding hydrogens is 292 g/mol. The van der Waals surface area contributed by atoms with Gasteiger partial charge >= 0.3 is 0 Å². The van der Waals surface area contributed by atoms with Gasteiger partial charge in [-0.3, -0.25) is 4.79 Å². The smallest absolute Gasteiger partial charge is 0.271 e. The van der Waals surface area contributed by atoms with E-state index in [-0.39, 0.29) is 23.5 Å². The minimum absolute atomic E-state index is 0.0105. The lowest BCUT2D eigenvalue weighted by Crippen LogP contribution is -2.61. The average molecular weight is 308 g/mol. The minimum Gasteiger partial charge on any atom is -0.392 e. The molecule has 3 rings (SSSR count). The van der Waals surface area contributed by atoms with Crippen LogP contribution in [0.15, 0.2) is 22.2 Å². The number of aliphatic hydroxyl groups excluding tert-OH is 1. The van der Waals surface area contributed by atoms with E-state index in [1.54, 1.807) is 16.7 Å². The van der Waals surface area contributed by atoms with Gasteiger partial charge in [0.15, 0.2) is 0 Å². The van der Waals surface area contributed by atoms with Crippen LogP contribution in [0, 0.1) is 5.41 Å². The van der Waals surface area contributed by atoms with Gasteiger partial charge in [-0.2, -0.15) is 11.3 Å². The van der Waals surface area contributed by atoms with Crippen LogP contribution in [-0.4, -0.2) is 28.1 Å². The molecule has 0 spiro atoms. The number of aromatic nitrogens is 1. The molecule has 2 aromatic rings. The zero-order valence-corrected chi connectivity index (χ0v) is 12.9. The van der Waals surface area contributed by atoms with E-state index in [0.29, 0.717) is 12.1 Å². The molecule has 4 nitrogen and oxygen atoms in total. The van der Waals surface area contributed by atoms with E-state index in [9.17, 15) is 9.90 Å². The van der Waals surface area contributed by atoms with Gasteiger partial charge in [-0.15, -0.1) is 11.3 Å². The highest BCUT2D eigenvalue weighted by molar-refractivity contribution is 7.14. The number of hydrogen-bond acceptors (Lipinski definition) is 5. The summed E-state index contributed by atoms with van der Waals surface area (Å²) in [5.41, 5.74) is 1.24. The van der Waals surface area contributed by atoms with E-state index < -0.39 is 0 Å². The Labute approximate surface area is 125 Å². The Kier molecular flexibility index (Phi) is 3.40. The van der Waals surface area contributed by atoms with Crippen molar-refractivity contribution in [3.63, 3.8) is 0 Å². The molecule has 1 aliphatic carbocycles. The number of thiophene rings is 1. The Bertz CT molecular complexity index is 619. The Balaban J connectivity index is 1.70. The largest absolute Gasteiger partial charge is 0.392 e. The minimum atomic E-state index is -0.343. The lowest BCUT2D eigenvalue weighted by molar-refractivity contribution is -0.0690. The van der Waals surface area contributed by atoms with Gasteiger partial charge in [0.05, 0.1) is 6.10 Å². The molecule has 0 aliphatic heterocycles. The Morgan fingerprint density at radius 2 is 2.30 bits per heavy atom. The van der Waals surface area contributed by atoms with Crippen molar-refractivity contribution in [3.05, 3.63) is 27.9 Å². The van der Waals surface area contributed by atoms with Crippen molar-refractivity contribution in [3.8, 4) is 10.6 Å². The van der Waals surface area contributed by atoms with E-state index >= 15 is 0 Å². The van der Waals surface area contributed by atoms with Gasteiger partial charge in [0, 0.05) is 27.8 Å². The van der Waals surface area contributed by atoms with Crippen LogP contribution in [-0.2, 0) is 0 Å². The van der Waals surface area contributed by atoms with Crippen LogP contribution in [0.4, 0.5) is 0 Å². The third-order valence-electron chi connectivity index (χ3n) is 4.03. The maximum atomic E-state index is 12.2. The zero-order valence-electron chi connectivity index (χ0n) is 11.3. The van der Waals surface area contributed by atoms with Crippen molar-refractivity contribution in [2.24, 2.45) is 5.41 Å². The standard InChI is InChI=1S/C14H16N2O2S2/c1-14(2)10(5-11(14)17)16-12(18)9-7-20-13(15-9)8-3-4-19-6-8/h3-4,6-7,10-11,17H,5H2,1-2H3,(H,16,18). The molecule has 1 amide bonds. The highest BCUT2D eigenvalue weighted by atomic mass is 32.1. The van der Waals surface area contributed by atoms with E-state index in [4.69, 9.17) is 0 Å². The van der Waals surface area contributed by atoms with Crippen LogP contribution in [0.25, 0.3) is 10.6 Å². The van der Waals surface area contributed by atoms with E-state index in [1.165, 1.54) is 11.3 Å². The van der Waals surface area contributed by atoms with Crippen molar-refractivity contribution in [2.45, 2.75) is 32.4 Å². The van der Waals surface area contributed by atoms with Gasteiger partial charge in [0.1, 0.15) is 10.7 Å². The van der Waals surface area contributed by atoms with Gasteiger partial charge in [-0.25, -0.2) is 4.98 Å². The molecule has 0 saturated heterocycles. The predicted molar refractivity (Wildman–Crippen MR) is 81.1 cm³/mol. The molecule has 6 heteroatoms. The third kappa shape index (κ3) is 2.28. The summed E-state index contributed by atoms with van der Waals surface area (Å²) >= 11 is 3.09. The second-order valence-electron chi connectivity index (χ2n) is 5.65. The average Bonchev–Trinajstić information content (AvgIpc) is 3.09. The lowest BCUT2D eigenvalue weighted by Gasteiger charge is -2.49. The second kappa shape index (κ2) is 4.95. The van der Waals surface area contributed by atoms with E-state index in [0.717, 1.165) is 10.6 Å². The second-order valence-corrected chi connectivity index (χ2v) is 7.29. The number of nitrogens with one attached hydrogen (secondary N) is 1. The zero-order chi connectivity index (χ0) is 14.3. The van der Waals surface area contributed by atoms with Crippen molar-refractivity contribution in [2.75, 3.05) is 0 Å². The quantitative estimate of drug-likeness (QED) is 0.916. The summed E-state index contributed by atoms with van der Waals surface area (Å²) in [7, 11) is 0. The first-order valence-electron chi connectivity index (χ1n) is 6.45. The highest BCUT2D eigenvalue weighted by Crippen LogP contribution is 2.40. The number of thiazole rings is 1. The molecule has 2 N–H and O–H groups in total. The molecule has 0 bridgehead atoms. The molecule has 0 radical (unpaired) electrons. The fourth-order valence-electron chi connectivity index (χ4n) is 2.28. The van der Waals surface area contributed by atoms with Crippen LogP contribution >= 0.6 is 22.7 Å². The molecule has 2 unspecified atom stereocenters. The van der Waals surface area contributed by atoms with Crippen LogP contribution < -0.4 is 5.32 Å². The molecule has 1 saturated carbocycles. The number of aliphatic hydroxyl groups is 1. The van der Waals surface area contributed by atoms with Crippen molar-refractivity contribution >= 4 is 28.6 Å². The molecule has 1 aliphatic rings. The van der Waals surface area contributed by atoms with Gasteiger partial charge in [0.2, 0.25) is 0 Å². The summed E-state index contributed by atoms with van der Waals surface area (Å²) in [6, 6.07) is 2.01. The Morgan fingerprint density at radius 3 is 2.90 bits per heavy atom. The topological polar surface area (TPSA) is 62.2 Å². The Hall–Kier alpha value is -1.24. The Morgan fingerprint density at radius 1 is 1.50 bits per heavy atom. The van der Waals surface area contributed by atoms with Crippen LogP contribution in [0.2, 0.25) is 0 Å². The third-order valence-corrected chi connectivity index (χ3v) is 5.60. The van der Waals surface area contributed by atoms with Crippen LogP contribution in [0.3, 0.4) is 0 Å². The van der Waals surface area contributed by atoms with Gasteiger partial charge in [-0.1, -0.05) is 13.8 Å². The molecule has 2 heterocycles. The first kappa shape index (κ1) is 13.7. The van der Waals surface area contributed by atoms with Crippen LogP contribution in [0.1, 0.15) is 30.8 Å². The number of carbonyl (C=O) groups is 1. The first-order chi connectivity index (χ1) is 9.48. The molecular formula is C14H16N2O2S2. The van der Waals surface area contributed by atoms with Gasteiger partial charge in [-0.05, 0) is 17.9 Å². The lowest BCUT2D eigenvalue weighted by atomic mass is 9.64. The molecule has 106 valence electrons. The summed E-state index contributed by atoms with van der Waals surface area (Å²) in [6.07, 6.45) is 0.268. The van der Waals surface area contributed by atoms with Gasteiger partial charge in [0.25, 0.3) is 5.91 Å². The monoisotopic (exact) mass is 308 g/mol. The molecule has 2 aromatic heterocycles. The fourth-order valence-corrected chi connectivity index (χ4v) is 3.79. The predicted octanol–water partition coefficient (Wildman–Crippen LogP) is 2.76. The number of hydrogen-bond donors (Lipinski definition) is 2. The summed E-state index contributed by atoms with van der Waals surface area (Å²) in [5.74, 6) is -0.160. The number of amides is 1. The van der Waals surface area contributed by atoms with Crippen LogP contribution in [0.5, 0.6) is 0 Å². The summed E-state index contributed by atoms with van der Waals surface area (Å²) in [4.78, 5) is 16.6. The van der Waals surface area contributed by atoms with Gasteiger partial charge < -0.3 is 10.4 Å². The first-order valence-corrected chi connectivity index (χ1v) is 8.28. The highest BCUT2D eigenvalue weighted by Gasteiger charge is 2.48. The summed E-state index contributed by atoms with van der Waals surface area (Å²) in [6.45, 7) is 3.92. The molecule has 2 atom stereocenters. The van der Waals surface area contributed by atoms with Crippen molar-refractivity contribution < 1.29 is 9.90 Å². The number of nitrogens with zero attached hydrogens (tertiary/aromatic N) is 1. The van der Waals surface area contributed by atoms with Crippen molar-refractivity contribution in [1.82, 2.24) is 10.3 Å². The summed E-state index contributed by atoms with van der Waals surface area (Å²) < 4.78 is 0. The van der Waals surface area contributed by atoms with E-state index in [2.05, 4.69) is 10.3 Å². The van der Waals surface area contributed by atoms with Crippen molar-refractivity contribution in [1.29, 1.82) is 0 Å². The number of rotatable bonds is 3. The summed E-state index contributed by atoms with van der Waals surface area (Å²) in [5, 5.41) is 19.3. The van der Waals surface area contributed by atoms with E-state index in [1.807, 2.05) is 30.7 Å². The maximum absolute atomic E-state index is 12.2.